The molecule has 0 aliphatic carbocycles. The highest BCUT2D eigenvalue weighted by Gasteiger charge is 2.16. The van der Waals surface area contributed by atoms with Crippen LogP contribution in [0.4, 0.5) is 5.69 Å². The highest BCUT2D eigenvalue weighted by molar-refractivity contribution is 7.98. The average molecular weight is 327 g/mol. The molecule has 0 amide bonds. The number of nitro groups is 1. The summed E-state index contributed by atoms with van der Waals surface area (Å²) < 4.78 is 5.46. The van der Waals surface area contributed by atoms with E-state index in [1.807, 2.05) is 30.3 Å². The van der Waals surface area contributed by atoms with E-state index in [1.165, 1.54) is 17.8 Å². The minimum absolute atomic E-state index is 0.0422. The van der Waals surface area contributed by atoms with E-state index in [-0.39, 0.29) is 5.69 Å². The van der Waals surface area contributed by atoms with E-state index in [0.29, 0.717) is 23.1 Å². The van der Waals surface area contributed by atoms with Gasteiger partial charge in [0.05, 0.1) is 10.5 Å². The lowest BCUT2D eigenvalue weighted by molar-refractivity contribution is -0.385. The van der Waals surface area contributed by atoms with Crippen molar-refractivity contribution >= 4 is 17.4 Å². The Bertz CT molecular complexity index is 834. The Morgan fingerprint density at radius 1 is 1.17 bits per heavy atom. The number of aromatic nitrogens is 2. The first-order valence-corrected chi connectivity index (χ1v) is 7.87. The number of thioether (sulfide) groups is 1. The zero-order chi connectivity index (χ0) is 16.2. The van der Waals surface area contributed by atoms with Gasteiger partial charge in [0.1, 0.15) is 0 Å². The predicted molar refractivity (Wildman–Crippen MR) is 87.1 cm³/mol. The van der Waals surface area contributed by atoms with Gasteiger partial charge < -0.3 is 4.42 Å². The van der Waals surface area contributed by atoms with Crippen molar-refractivity contribution in [1.82, 2.24) is 10.2 Å². The summed E-state index contributed by atoms with van der Waals surface area (Å²) in [5.41, 5.74) is 1.88. The second-order valence-electron chi connectivity index (χ2n) is 4.84. The fourth-order valence-electron chi connectivity index (χ4n) is 2.06. The Kier molecular flexibility index (Phi) is 4.38. The van der Waals surface area contributed by atoms with Crippen LogP contribution in [-0.4, -0.2) is 15.1 Å². The molecule has 1 heterocycles. The van der Waals surface area contributed by atoms with Gasteiger partial charge in [0, 0.05) is 29.7 Å². The second kappa shape index (κ2) is 6.62. The molecule has 3 rings (SSSR count). The van der Waals surface area contributed by atoms with Crippen LogP contribution >= 0.6 is 11.8 Å². The molecule has 0 saturated carbocycles. The lowest BCUT2D eigenvalue weighted by atomic mass is 10.2. The molecular weight excluding hydrogens is 314 g/mol. The van der Waals surface area contributed by atoms with Gasteiger partial charge in [-0.1, -0.05) is 30.3 Å². The highest BCUT2D eigenvalue weighted by Crippen LogP contribution is 2.35. The molecule has 3 aromatic rings. The molecule has 0 aliphatic rings. The molecule has 0 spiro atoms. The van der Waals surface area contributed by atoms with E-state index in [4.69, 9.17) is 4.42 Å². The molecule has 0 unspecified atom stereocenters. The summed E-state index contributed by atoms with van der Waals surface area (Å²) in [5.74, 6) is 1.52. The quantitative estimate of drug-likeness (QED) is 0.396. The van der Waals surface area contributed by atoms with Crippen LogP contribution in [0.15, 0.2) is 57.8 Å². The van der Waals surface area contributed by atoms with Crippen LogP contribution in [0.3, 0.4) is 0 Å². The summed E-state index contributed by atoms with van der Waals surface area (Å²) in [4.78, 5) is 11.4. The summed E-state index contributed by atoms with van der Waals surface area (Å²) in [6, 6.07) is 14.6. The fraction of sp³-hybridized carbons (Fsp3) is 0.125. The van der Waals surface area contributed by atoms with Crippen LogP contribution in [0, 0.1) is 17.0 Å². The minimum Gasteiger partial charge on any atom is -0.421 e. The molecule has 23 heavy (non-hydrogen) atoms. The van der Waals surface area contributed by atoms with Crippen LogP contribution < -0.4 is 0 Å². The van der Waals surface area contributed by atoms with Crippen molar-refractivity contribution in [1.29, 1.82) is 0 Å². The largest absolute Gasteiger partial charge is 0.421 e. The van der Waals surface area contributed by atoms with Gasteiger partial charge in [-0.15, -0.1) is 22.0 Å². The van der Waals surface area contributed by atoms with E-state index in [9.17, 15) is 10.1 Å². The first-order valence-electron chi connectivity index (χ1n) is 6.89. The van der Waals surface area contributed by atoms with Gasteiger partial charge in [-0.05, 0) is 11.6 Å². The zero-order valence-electron chi connectivity index (χ0n) is 12.3. The van der Waals surface area contributed by atoms with E-state index in [0.717, 1.165) is 10.5 Å². The van der Waals surface area contributed by atoms with Crippen molar-refractivity contribution in [3.05, 3.63) is 70.1 Å². The number of rotatable bonds is 5. The lowest BCUT2D eigenvalue weighted by Crippen LogP contribution is -1.91. The van der Waals surface area contributed by atoms with Crippen LogP contribution in [0.5, 0.6) is 0 Å². The normalized spacial score (nSPS) is 10.7. The van der Waals surface area contributed by atoms with Crippen LogP contribution in [0.25, 0.3) is 11.5 Å². The number of nitro benzene ring substituents is 1. The Morgan fingerprint density at radius 3 is 2.61 bits per heavy atom. The number of hydrogen-bond donors (Lipinski definition) is 0. The molecule has 116 valence electrons. The second-order valence-corrected chi connectivity index (χ2v) is 5.86. The Balaban J connectivity index is 1.94. The van der Waals surface area contributed by atoms with Crippen molar-refractivity contribution in [3.8, 4) is 11.5 Å². The SMILES string of the molecule is Cc1nnc(-c2ccc([N+](=O)[O-])cc2SCc2ccccc2)o1. The van der Waals surface area contributed by atoms with Gasteiger partial charge in [0.25, 0.3) is 5.69 Å². The van der Waals surface area contributed by atoms with Gasteiger partial charge in [-0.3, -0.25) is 10.1 Å². The molecular formula is C16H13N3O3S. The Labute approximate surface area is 136 Å². The monoisotopic (exact) mass is 327 g/mol. The molecule has 0 aliphatic heterocycles. The average Bonchev–Trinajstić information content (AvgIpc) is 3.00. The first-order chi connectivity index (χ1) is 11.1. The van der Waals surface area contributed by atoms with Crippen molar-refractivity contribution in [2.45, 2.75) is 17.6 Å². The van der Waals surface area contributed by atoms with Crippen molar-refractivity contribution in [3.63, 3.8) is 0 Å². The van der Waals surface area contributed by atoms with Crippen molar-refractivity contribution < 1.29 is 9.34 Å². The summed E-state index contributed by atoms with van der Waals surface area (Å²) in [6.07, 6.45) is 0. The van der Waals surface area contributed by atoms with E-state index >= 15 is 0 Å². The van der Waals surface area contributed by atoms with E-state index in [2.05, 4.69) is 10.2 Å². The molecule has 0 bridgehead atoms. The summed E-state index contributed by atoms with van der Waals surface area (Å²) in [7, 11) is 0. The minimum atomic E-state index is -0.407. The number of non-ortho nitro benzene ring substituents is 1. The maximum Gasteiger partial charge on any atom is 0.270 e. The van der Waals surface area contributed by atoms with Crippen LogP contribution in [0.2, 0.25) is 0 Å². The maximum atomic E-state index is 11.0. The number of benzene rings is 2. The fourth-order valence-corrected chi connectivity index (χ4v) is 3.09. The van der Waals surface area contributed by atoms with Gasteiger partial charge in [-0.25, -0.2) is 0 Å². The molecule has 0 saturated heterocycles. The summed E-state index contributed by atoms with van der Waals surface area (Å²) >= 11 is 1.50. The third-order valence-electron chi connectivity index (χ3n) is 3.17. The molecule has 6 nitrogen and oxygen atoms in total. The van der Waals surface area contributed by atoms with E-state index < -0.39 is 4.92 Å². The van der Waals surface area contributed by atoms with Crippen LogP contribution in [-0.2, 0) is 5.75 Å². The molecule has 0 atom stereocenters. The standard InChI is InChI=1S/C16H13N3O3S/c1-11-17-18-16(22-11)14-8-7-13(19(20)21)9-15(14)23-10-12-5-3-2-4-6-12/h2-9H,10H2,1H3. The van der Waals surface area contributed by atoms with Gasteiger partial charge >= 0.3 is 0 Å². The Hall–Kier alpha value is -2.67. The molecule has 0 N–H and O–H groups in total. The predicted octanol–water partition coefficient (Wildman–Crippen LogP) is 4.25. The summed E-state index contributed by atoms with van der Waals surface area (Å²) in [5, 5.41) is 18.9. The number of hydrogen-bond acceptors (Lipinski definition) is 6. The van der Waals surface area contributed by atoms with Gasteiger partial charge in [-0.2, -0.15) is 0 Å². The highest BCUT2D eigenvalue weighted by atomic mass is 32.2. The van der Waals surface area contributed by atoms with Gasteiger partial charge in [0.15, 0.2) is 0 Å². The molecule has 7 heteroatoms. The third kappa shape index (κ3) is 3.57. The number of aryl methyl sites for hydroxylation is 1. The topological polar surface area (TPSA) is 82.1 Å². The first kappa shape index (κ1) is 15.2. The van der Waals surface area contributed by atoms with Crippen LogP contribution in [0.1, 0.15) is 11.5 Å². The molecule has 0 radical (unpaired) electrons. The van der Waals surface area contributed by atoms with Gasteiger partial charge in [0.2, 0.25) is 11.8 Å². The lowest BCUT2D eigenvalue weighted by Gasteiger charge is -2.06. The van der Waals surface area contributed by atoms with E-state index in [1.54, 1.807) is 19.1 Å². The summed E-state index contributed by atoms with van der Waals surface area (Å²) in [6.45, 7) is 1.71. The maximum absolute atomic E-state index is 11.0. The molecule has 0 fully saturated rings. The molecule has 2 aromatic carbocycles. The van der Waals surface area contributed by atoms with Crippen molar-refractivity contribution in [2.24, 2.45) is 0 Å². The third-order valence-corrected chi connectivity index (χ3v) is 4.30. The number of nitrogens with zero attached hydrogens (tertiary/aromatic N) is 3. The smallest absolute Gasteiger partial charge is 0.270 e. The molecule has 1 aromatic heterocycles. The van der Waals surface area contributed by atoms with Crippen molar-refractivity contribution in [2.75, 3.05) is 0 Å². The zero-order valence-corrected chi connectivity index (χ0v) is 13.1. The Morgan fingerprint density at radius 2 is 1.96 bits per heavy atom.